The minimum absolute atomic E-state index is 0. The third-order valence-corrected chi connectivity index (χ3v) is 4.14. The summed E-state index contributed by atoms with van der Waals surface area (Å²) in [7, 11) is 0. The number of oxime groups is 2. The summed E-state index contributed by atoms with van der Waals surface area (Å²) in [4.78, 5) is 25.7. The standard InChI is InChI=1S/C9H12N2O2.C7H11NO.C2H4ClNO.C2H5NO.C2H3NO.C2H6.ClO.Na/c1-7-5-8(13-10-7)6-11-4-2-3-9(11)12;1-2-5-8-6-3-4-7(8)9;1-2(3)4-5;2*1-2-3-4;2*1-2;/h5H,2-4,6H2,1H3;2H,1,3-6H2;5H,1H3;2,4H,1H3;1H3;1-2H3;;/q;;;;;;-1;+1/b;;4-2-;3-2+;;;;. The Bertz CT molecular complexity index is 863. The molecule has 13 nitrogen and oxygen atoms in total. The van der Waals surface area contributed by atoms with E-state index in [0.717, 1.165) is 50.4 Å². The van der Waals surface area contributed by atoms with Gasteiger partial charge in [0, 0.05) is 49.8 Å². The summed E-state index contributed by atoms with van der Waals surface area (Å²) in [6.45, 7) is 17.1. The number of hydrogen-bond acceptors (Lipinski definition) is 10. The molecule has 2 amide bonds. The van der Waals surface area contributed by atoms with Gasteiger partial charge in [-0.15, -0.1) is 11.7 Å². The first kappa shape index (κ1) is 47.4. The molecule has 0 bridgehead atoms. The van der Waals surface area contributed by atoms with E-state index in [-0.39, 0.29) is 46.5 Å². The van der Waals surface area contributed by atoms with Crippen molar-refractivity contribution in [2.75, 3.05) is 19.6 Å². The first-order chi connectivity index (χ1) is 18.7. The molecule has 2 aliphatic heterocycles. The first-order valence-corrected chi connectivity index (χ1v) is 12.6. The number of rotatable bonds is 4. The van der Waals surface area contributed by atoms with Crippen LogP contribution in [0.15, 0.2) is 33.6 Å². The van der Waals surface area contributed by atoms with Crippen molar-refractivity contribution < 1.29 is 58.7 Å². The fourth-order valence-electron chi connectivity index (χ4n) is 2.60. The smallest absolute Gasteiger partial charge is 0.769 e. The summed E-state index contributed by atoms with van der Waals surface area (Å²) in [5.74, 6) is 1.26. The van der Waals surface area contributed by atoms with Gasteiger partial charge in [0.25, 0.3) is 6.07 Å². The van der Waals surface area contributed by atoms with Crippen LogP contribution in [0.25, 0.3) is 5.01 Å². The zero-order valence-electron chi connectivity index (χ0n) is 24.5. The molecule has 2 N–H and O–H groups in total. The Morgan fingerprint density at radius 1 is 1.23 bits per heavy atom. The Hall–Kier alpha value is -2.34. The van der Waals surface area contributed by atoms with Crippen LogP contribution in [0, 0.1) is 18.2 Å². The second-order valence-corrected chi connectivity index (χ2v) is 7.42. The predicted octanol–water partition coefficient (Wildman–Crippen LogP) is 1.77. The van der Waals surface area contributed by atoms with Crippen LogP contribution in [-0.4, -0.2) is 68.2 Å². The van der Waals surface area contributed by atoms with E-state index >= 15 is 0 Å². The van der Waals surface area contributed by atoms with Crippen molar-refractivity contribution in [2.24, 2.45) is 10.3 Å². The molecule has 0 aliphatic carbocycles. The average Bonchev–Trinajstić information content (AvgIpc) is 3.69. The summed E-state index contributed by atoms with van der Waals surface area (Å²) >= 11 is 8.35. The van der Waals surface area contributed by atoms with E-state index in [4.69, 9.17) is 36.4 Å². The van der Waals surface area contributed by atoms with Crippen LogP contribution >= 0.6 is 23.5 Å². The molecular weight excluding hydrogens is 578 g/mol. The average molecular weight is 620 g/mol. The molecule has 16 heteroatoms. The molecule has 40 heavy (non-hydrogen) atoms. The maximum atomic E-state index is 11.2. The zero-order valence-corrected chi connectivity index (χ0v) is 28.0. The van der Waals surface area contributed by atoms with E-state index in [9.17, 15) is 9.59 Å². The van der Waals surface area contributed by atoms with Crippen LogP contribution in [0.3, 0.4) is 0 Å². The van der Waals surface area contributed by atoms with Crippen molar-refractivity contribution in [3.8, 4) is 6.07 Å². The minimum Gasteiger partial charge on any atom is -0.769 e. The molecule has 224 valence electrons. The number of hydrogen-bond donors (Lipinski definition) is 2. The Morgan fingerprint density at radius 2 is 1.65 bits per heavy atom. The molecule has 1 aromatic rings. The molecule has 3 rings (SSSR count). The van der Waals surface area contributed by atoms with Gasteiger partial charge in [-0.1, -0.05) is 41.8 Å². The van der Waals surface area contributed by atoms with Gasteiger partial charge in [-0.3, -0.25) is 9.59 Å². The molecule has 2 saturated heterocycles. The Morgan fingerprint density at radius 3 is 1.90 bits per heavy atom. The number of aryl methyl sites for hydroxylation is 1. The topological polar surface area (TPSA) is 182 Å². The third-order valence-electron chi connectivity index (χ3n) is 4.06. The van der Waals surface area contributed by atoms with Crippen LogP contribution in [0.1, 0.15) is 71.8 Å². The quantitative estimate of drug-likeness (QED) is 0.168. The van der Waals surface area contributed by atoms with Crippen molar-refractivity contribution in [3.05, 3.63) is 40.4 Å². The second kappa shape index (κ2) is 36.7. The molecule has 3 heterocycles. The monoisotopic (exact) mass is 618 g/mol. The van der Waals surface area contributed by atoms with Crippen molar-refractivity contribution in [3.63, 3.8) is 0 Å². The van der Waals surface area contributed by atoms with Gasteiger partial charge in [0.2, 0.25) is 11.8 Å². The van der Waals surface area contributed by atoms with E-state index in [2.05, 4.69) is 38.9 Å². The summed E-state index contributed by atoms with van der Waals surface area (Å²) in [5, 5.41) is 35.2. The number of nitrogens with zero attached hydrogens (tertiary/aromatic N) is 6. The van der Waals surface area contributed by atoms with E-state index in [0.29, 0.717) is 13.0 Å². The number of likely N-dealkylation sites (tertiary alicyclic amines) is 2. The van der Waals surface area contributed by atoms with Crippen molar-refractivity contribution in [2.45, 2.75) is 73.8 Å². The van der Waals surface area contributed by atoms with E-state index in [1.807, 2.05) is 37.8 Å². The molecule has 0 unspecified atom stereocenters. The maximum absolute atomic E-state index is 11.2. The predicted molar refractivity (Wildman–Crippen MR) is 152 cm³/mol. The molecule has 0 saturated carbocycles. The number of amides is 2. The number of halogens is 2. The summed E-state index contributed by atoms with van der Waals surface area (Å²) in [6, 6.07) is 3.87. The second-order valence-electron chi connectivity index (χ2n) is 6.87. The van der Waals surface area contributed by atoms with E-state index in [1.165, 1.54) is 20.1 Å². The van der Waals surface area contributed by atoms with Crippen LogP contribution < -0.4 is 34.2 Å². The first-order valence-electron chi connectivity index (χ1n) is 11.9. The molecule has 0 aromatic carbocycles. The van der Waals surface area contributed by atoms with Crippen LogP contribution in [0.4, 0.5) is 0 Å². The number of carbonyl (C=O) groups is 2. The Kier molecular flexibility index (Phi) is 43.5. The molecule has 2 fully saturated rings. The fourth-order valence-corrected chi connectivity index (χ4v) is 2.60. The van der Waals surface area contributed by atoms with Crippen molar-refractivity contribution >= 4 is 46.7 Å². The molecule has 0 atom stereocenters. The van der Waals surface area contributed by atoms with Gasteiger partial charge >= 0.3 is 29.6 Å². The van der Waals surface area contributed by atoms with Gasteiger partial charge in [-0.2, -0.15) is 0 Å². The minimum atomic E-state index is 0. The van der Waals surface area contributed by atoms with Crippen molar-refractivity contribution in [1.29, 1.82) is 0 Å². The number of aromatic nitrogens is 1. The van der Waals surface area contributed by atoms with Gasteiger partial charge < -0.3 is 34.6 Å². The van der Waals surface area contributed by atoms with Crippen molar-refractivity contribution in [1.82, 2.24) is 15.0 Å². The van der Waals surface area contributed by atoms with Gasteiger partial charge in [0.1, 0.15) is 5.17 Å². The molecular formula is C24H41Cl2N6NaO7. The molecule has 0 spiro atoms. The summed E-state index contributed by atoms with van der Waals surface area (Å²) < 4.78 is 12.8. The zero-order chi connectivity index (χ0) is 31.1. The fraction of sp³-hybridized carbons (Fsp3) is 0.583. The van der Waals surface area contributed by atoms with E-state index < -0.39 is 0 Å². The normalized spacial score (nSPS) is 12.8. The number of carbonyl (C=O) groups excluding carboxylic acids is 2. The third kappa shape index (κ3) is 30.2. The Balaban J connectivity index is -0.000000133. The van der Waals surface area contributed by atoms with Gasteiger partial charge in [0.15, 0.2) is 5.76 Å². The van der Waals surface area contributed by atoms with Gasteiger partial charge in [0.05, 0.1) is 19.2 Å². The summed E-state index contributed by atoms with van der Waals surface area (Å²) in [6.07, 6.45) is 6.46. The van der Waals surface area contributed by atoms with Crippen LogP contribution in [0.5, 0.6) is 0 Å². The molecule has 1 aromatic heterocycles. The maximum Gasteiger partial charge on any atom is 1.00 e. The van der Waals surface area contributed by atoms with Gasteiger partial charge in [-0.25, -0.2) is 11.9 Å². The van der Waals surface area contributed by atoms with E-state index in [1.54, 1.807) is 17.9 Å². The van der Waals surface area contributed by atoms with Crippen LogP contribution in [0.2, 0.25) is 0 Å². The Labute approximate surface area is 269 Å². The summed E-state index contributed by atoms with van der Waals surface area (Å²) in [5.41, 5.74) is 0.863. The van der Waals surface area contributed by atoms with Crippen LogP contribution in [-0.2, 0) is 16.1 Å². The van der Waals surface area contributed by atoms with Gasteiger partial charge in [-0.05, 0) is 33.6 Å². The molecule has 0 radical (unpaired) electrons. The SMILES string of the molecule is C/C(Cl)=N/O.C/C=N/O.C=CCN1CCCC1=O.CC.CC#[N+][O-].Cc1cc(CN2CCCC2=O)on1.[Na+].[O-]Cl. The molecule has 2 aliphatic rings. The largest absolute Gasteiger partial charge is 1.00 e.